The van der Waals surface area contributed by atoms with E-state index in [1.54, 1.807) is 12.4 Å². The zero-order chi connectivity index (χ0) is 17.8. The van der Waals surface area contributed by atoms with Crippen LogP contribution in [0.1, 0.15) is 35.9 Å². The predicted molar refractivity (Wildman–Crippen MR) is 101 cm³/mol. The lowest BCUT2D eigenvalue weighted by molar-refractivity contribution is 0.0930. The third-order valence-electron chi connectivity index (χ3n) is 4.18. The van der Waals surface area contributed by atoms with Gasteiger partial charge in [-0.2, -0.15) is 0 Å². The highest BCUT2D eigenvalue weighted by Gasteiger charge is 2.16. The maximum Gasteiger partial charge on any atom is 0.268 e. The van der Waals surface area contributed by atoms with Gasteiger partial charge in [-0.1, -0.05) is 29.8 Å². The molecule has 0 radical (unpaired) electrons. The molecule has 0 aliphatic rings. The van der Waals surface area contributed by atoms with Gasteiger partial charge in [0.05, 0.1) is 6.04 Å². The van der Waals surface area contributed by atoms with Crippen LogP contribution < -0.4 is 5.32 Å². The van der Waals surface area contributed by atoms with Crippen molar-refractivity contribution in [2.24, 2.45) is 0 Å². The first-order valence-corrected chi connectivity index (χ1v) is 8.63. The van der Waals surface area contributed by atoms with E-state index in [4.69, 9.17) is 11.6 Å². The Labute approximate surface area is 152 Å². The van der Waals surface area contributed by atoms with Crippen molar-refractivity contribution < 1.29 is 4.79 Å². The van der Waals surface area contributed by atoms with Gasteiger partial charge in [-0.15, -0.1) is 0 Å². The minimum absolute atomic E-state index is 0.0987. The number of carbonyl (C=O) groups is 1. The highest BCUT2D eigenvalue weighted by atomic mass is 35.5. The van der Waals surface area contributed by atoms with Crippen LogP contribution in [0, 0.1) is 0 Å². The first-order valence-electron chi connectivity index (χ1n) is 8.25. The Bertz CT molecular complexity index is 856. The zero-order valence-electron chi connectivity index (χ0n) is 14.2. The Morgan fingerprint density at radius 1 is 1.24 bits per heavy atom. The molecule has 1 atom stereocenters. The molecule has 0 unspecified atom stereocenters. The van der Waals surface area contributed by atoms with E-state index < -0.39 is 0 Å². The number of amides is 1. The molecular weight excluding hydrogens is 334 g/mol. The summed E-state index contributed by atoms with van der Waals surface area (Å²) >= 11 is 5.95. The number of nitrogens with one attached hydrogen (secondary N) is 1. The number of hydrogen-bond acceptors (Lipinski definition) is 2. The molecule has 0 spiro atoms. The Kier molecular flexibility index (Phi) is 5.19. The predicted octanol–water partition coefficient (Wildman–Crippen LogP) is 4.71. The number of nitrogens with zero attached hydrogens (tertiary/aromatic N) is 2. The summed E-state index contributed by atoms with van der Waals surface area (Å²) in [4.78, 5) is 16.8. The van der Waals surface area contributed by atoms with Gasteiger partial charge in [0.2, 0.25) is 0 Å². The normalized spacial score (nSPS) is 12.0. The Morgan fingerprint density at radius 2 is 2.00 bits per heavy atom. The highest BCUT2D eigenvalue weighted by Crippen LogP contribution is 2.24. The molecule has 3 rings (SSSR count). The second kappa shape index (κ2) is 7.53. The second-order valence-corrected chi connectivity index (χ2v) is 6.32. The molecule has 0 bridgehead atoms. The van der Waals surface area contributed by atoms with Gasteiger partial charge in [-0.25, -0.2) is 0 Å². The minimum atomic E-state index is -0.111. The van der Waals surface area contributed by atoms with Crippen LogP contribution in [-0.2, 0) is 6.54 Å². The Morgan fingerprint density at radius 3 is 2.64 bits per heavy atom. The molecule has 128 valence electrons. The molecule has 4 nitrogen and oxygen atoms in total. The van der Waals surface area contributed by atoms with E-state index in [1.165, 1.54) is 0 Å². The largest absolute Gasteiger partial charge is 0.344 e. The summed E-state index contributed by atoms with van der Waals surface area (Å²) in [7, 11) is 0. The molecule has 0 aliphatic heterocycles. The lowest BCUT2D eigenvalue weighted by Crippen LogP contribution is -2.28. The van der Waals surface area contributed by atoms with E-state index in [-0.39, 0.29) is 11.9 Å². The molecule has 2 heterocycles. The van der Waals surface area contributed by atoms with Crippen molar-refractivity contribution in [3.8, 4) is 11.1 Å². The first-order chi connectivity index (χ1) is 12.1. The van der Waals surface area contributed by atoms with E-state index in [2.05, 4.69) is 10.3 Å². The molecule has 5 heteroatoms. The highest BCUT2D eigenvalue weighted by molar-refractivity contribution is 6.30. The molecule has 1 aromatic carbocycles. The lowest BCUT2D eigenvalue weighted by atomic mass is 10.1. The lowest BCUT2D eigenvalue weighted by Gasteiger charge is -2.14. The third kappa shape index (κ3) is 3.91. The molecule has 0 aliphatic carbocycles. The summed E-state index contributed by atoms with van der Waals surface area (Å²) in [5, 5.41) is 3.74. The summed E-state index contributed by atoms with van der Waals surface area (Å²) in [5.41, 5.74) is 3.65. The maximum absolute atomic E-state index is 12.7. The van der Waals surface area contributed by atoms with E-state index in [0.29, 0.717) is 10.7 Å². The van der Waals surface area contributed by atoms with E-state index in [1.807, 2.05) is 67.1 Å². The van der Waals surface area contributed by atoms with Gasteiger partial charge >= 0.3 is 0 Å². The third-order valence-corrected chi connectivity index (χ3v) is 4.43. The van der Waals surface area contributed by atoms with Gasteiger partial charge in [0.15, 0.2) is 0 Å². The van der Waals surface area contributed by atoms with Crippen molar-refractivity contribution in [2.75, 3.05) is 0 Å². The van der Waals surface area contributed by atoms with Gasteiger partial charge in [0.1, 0.15) is 5.69 Å². The van der Waals surface area contributed by atoms with Crippen LogP contribution in [0.25, 0.3) is 11.1 Å². The molecular formula is C20H20ClN3O. The number of benzene rings is 1. The van der Waals surface area contributed by atoms with Crippen LogP contribution in [0.2, 0.25) is 5.02 Å². The number of halogens is 1. The minimum Gasteiger partial charge on any atom is -0.344 e. The average molecular weight is 354 g/mol. The smallest absolute Gasteiger partial charge is 0.268 e. The maximum atomic E-state index is 12.7. The first kappa shape index (κ1) is 17.2. The monoisotopic (exact) mass is 353 g/mol. The van der Waals surface area contributed by atoms with Crippen molar-refractivity contribution in [1.29, 1.82) is 0 Å². The quantitative estimate of drug-likeness (QED) is 0.721. The van der Waals surface area contributed by atoms with Crippen molar-refractivity contribution in [3.05, 3.63) is 77.3 Å². The van der Waals surface area contributed by atoms with E-state index in [9.17, 15) is 4.79 Å². The molecule has 1 N–H and O–H groups in total. The van der Waals surface area contributed by atoms with Crippen LogP contribution in [0.4, 0.5) is 0 Å². The summed E-state index contributed by atoms with van der Waals surface area (Å²) in [6.07, 6.45) is 5.48. The van der Waals surface area contributed by atoms with E-state index in [0.717, 1.165) is 23.2 Å². The van der Waals surface area contributed by atoms with Crippen molar-refractivity contribution in [2.45, 2.75) is 26.4 Å². The van der Waals surface area contributed by atoms with Crippen molar-refractivity contribution >= 4 is 17.5 Å². The average Bonchev–Trinajstić information content (AvgIpc) is 3.07. The van der Waals surface area contributed by atoms with Crippen LogP contribution in [0.5, 0.6) is 0 Å². The van der Waals surface area contributed by atoms with Gasteiger partial charge < -0.3 is 9.88 Å². The summed E-state index contributed by atoms with van der Waals surface area (Å²) < 4.78 is 1.95. The van der Waals surface area contributed by atoms with Crippen LogP contribution in [-0.4, -0.2) is 15.5 Å². The van der Waals surface area contributed by atoms with Crippen molar-refractivity contribution in [3.63, 3.8) is 0 Å². The number of aryl methyl sites for hydroxylation is 1. The fourth-order valence-electron chi connectivity index (χ4n) is 2.75. The van der Waals surface area contributed by atoms with Gasteiger partial charge in [-0.3, -0.25) is 9.78 Å². The Hall–Kier alpha value is -2.59. The number of rotatable bonds is 5. The fourth-order valence-corrected chi connectivity index (χ4v) is 2.87. The molecule has 1 amide bonds. The molecule has 0 saturated heterocycles. The zero-order valence-corrected chi connectivity index (χ0v) is 15.0. The van der Waals surface area contributed by atoms with Gasteiger partial charge in [0, 0.05) is 35.7 Å². The number of carbonyl (C=O) groups excluding carboxylic acids is 1. The van der Waals surface area contributed by atoms with Crippen LogP contribution in [0.15, 0.2) is 61.1 Å². The number of pyridine rings is 1. The second-order valence-electron chi connectivity index (χ2n) is 5.89. The molecule has 25 heavy (non-hydrogen) atoms. The van der Waals surface area contributed by atoms with E-state index >= 15 is 0 Å². The van der Waals surface area contributed by atoms with Crippen molar-refractivity contribution in [1.82, 2.24) is 14.9 Å². The summed E-state index contributed by atoms with van der Waals surface area (Å²) in [5.74, 6) is -0.0987. The summed E-state index contributed by atoms with van der Waals surface area (Å²) in [6, 6.07) is 13.2. The van der Waals surface area contributed by atoms with Crippen LogP contribution in [0.3, 0.4) is 0 Å². The van der Waals surface area contributed by atoms with Gasteiger partial charge in [0.25, 0.3) is 5.91 Å². The standard InChI is InChI=1S/C20H20ClN3O/c1-3-24-13-17(15-6-8-18(21)9-7-15)11-19(24)20(25)23-14(2)16-5-4-10-22-12-16/h4-14H,3H2,1-2H3,(H,23,25)/t14-/m0/s1. The SMILES string of the molecule is CCn1cc(-c2ccc(Cl)cc2)cc1C(=O)N[C@@H](C)c1cccnc1. The molecule has 2 aromatic heterocycles. The summed E-state index contributed by atoms with van der Waals surface area (Å²) in [6.45, 7) is 4.69. The van der Waals surface area contributed by atoms with Crippen LogP contribution >= 0.6 is 11.6 Å². The Balaban J connectivity index is 1.83. The fraction of sp³-hybridized carbons (Fsp3) is 0.200. The number of aromatic nitrogens is 2. The molecule has 0 saturated carbocycles. The van der Waals surface area contributed by atoms with Gasteiger partial charge in [-0.05, 0) is 49.2 Å². The molecule has 0 fully saturated rings. The number of hydrogen-bond donors (Lipinski definition) is 1. The molecule has 3 aromatic rings. The topological polar surface area (TPSA) is 46.9 Å².